The molecule has 0 rings (SSSR count). The molecule has 0 N–H and O–H groups in total. The van der Waals surface area contributed by atoms with Gasteiger partial charge in [0.2, 0.25) is 0 Å². The van der Waals surface area contributed by atoms with Crippen LogP contribution in [0, 0.1) is 0 Å². The van der Waals surface area contributed by atoms with Gasteiger partial charge in [-0.05, 0) is 12.6 Å². The van der Waals surface area contributed by atoms with E-state index in [1.807, 2.05) is 6.55 Å². The van der Waals surface area contributed by atoms with Gasteiger partial charge in [0.1, 0.15) is 10.5 Å². The molecule has 0 aromatic carbocycles. The van der Waals surface area contributed by atoms with Crippen molar-refractivity contribution < 1.29 is 4.12 Å². The summed E-state index contributed by atoms with van der Waals surface area (Å²) in [5.41, 5.74) is 0. The molecule has 0 bridgehead atoms. The fourth-order valence-electron chi connectivity index (χ4n) is 0.549. The minimum absolute atomic E-state index is 0.791. The monoisotopic (exact) mass is 168 g/mol. The lowest BCUT2D eigenvalue weighted by Crippen LogP contribution is -2.25. The van der Waals surface area contributed by atoms with E-state index in [0.29, 0.717) is 0 Å². The van der Waals surface area contributed by atoms with Crippen molar-refractivity contribution >= 4 is 29.2 Å². The molecule has 0 aromatic rings. The van der Waals surface area contributed by atoms with E-state index in [1.54, 1.807) is 0 Å². The highest BCUT2D eigenvalue weighted by Gasteiger charge is 2.21. The van der Waals surface area contributed by atoms with Crippen molar-refractivity contribution in [3.05, 3.63) is 0 Å². The standard InChI is InChI=1S/C4H13ClOSi2/c1-3-4-8(2,5)6-7/h3-4H2,1-2,7H3. The lowest BCUT2D eigenvalue weighted by Gasteiger charge is -2.15. The SMILES string of the molecule is CCC[Si](C)(Cl)O[SiH3]. The van der Waals surface area contributed by atoms with Gasteiger partial charge < -0.3 is 4.12 Å². The Hall–Kier alpha value is 0.684. The third-order valence-electron chi connectivity index (χ3n) is 1.12. The highest BCUT2D eigenvalue weighted by atomic mass is 35.6. The molecule has 1 atom stereocenters. The molecule has 0 aromatic heterocycles. The Labute approximate surface area is 59.8 Å². The molecule has 50 valence electrons. The van der Waals surface area contributed by atoms with Crippen molar-refractivity contribution in [1.82, 2.24) is 0 Å². The van der Waals surface area contributed by atoms with Gasteiger partial charge in [-0.1, -0.05) is 13.3 Å². The molecular weight excluding hydrogens is 156 g/mol. The highest BCUT2D eigenvalue weighted by molar-refractivity contribution is 7.16. The van der Waals surface area contributed by atoms with Crippen LogP contribution in [0.5, 0.6) is 0 Å². The van der Waals surface area contributed by atoms with Gasteiger partial charge in [0.25, 0.3) is 7.63 Å². The number of hydrogen-bond donors (Lipinski definition) is 0. The normalized spacial score (nSPS) is 18.4. The Bertz CT molecular complexity index is 67.1. The van der Waals surface area contributed by atoms with Crippen LogP contribution in [-0.2, 0) is 4.12 Å². The van der Waals surface area contributed by atoms with Crippen LogP contribution < -0.4 is 0 Å². The zero-order valence-electron chi connectivity index (χ0n) is 5.70. The number of hydrogen-bond acceptors (Lipinski definition) is 1. The van der Waals surface area contributed by atoms with Gasteiger partial charge in [-0.3, -0.25) is 0 Å². The highest BCUT2D eigenvalue weighted by Crippen LogP contribution is 2.16. The molecule has 0 spiro atoms. The van der Waals surface area contributed by atoms with E-state index in [2.05, 4.69) is 6.92 Å². The summed E-state index contributed by atoms with van der Waals surface area (Å²) in [4.78, 5) is 0. The Balaban J connectivity index is 3.37. The Morgan fingerprint density at radius 1 is 1.75 bits per heavy atom. The lowest BCUT2D eigenvalue weighted by atomic mass is 10.6. The maximum Gasteiger partial charge on any atom is 0.276 e. The topological polar surface area (TPSA) is 9.23 Å². The van der Waals surface area contributed by atoms with Crippen molar-refractivity contribution in [3.63, 3.8) is 0 Å². The second-order valence-corrected chi connectivity index (χ2v) is 8.79. The van der Waals surface area contributed by atoms with E-state index < -0.39 is 7.63 Å². The van der Waals surface area contributed by atoms with Gasteiger partial charge in [-0.25, -0.2) is 0 Å². The summed E-state index contributed by atoms with van der Waals surface area (Å²) in [5.74, 6) is 0. The van der Waals surface area contributed by atoms with E-state index in [1.165, 1.54) is 0 Å². The van der Waals surface area contributed by atoms with E-state index >= 15 is 0 Å². The summed E-state index contributed by atoms with van der Waals surface area (Å²) in [6.45, 7) is 4.18. The molecule has 0 saturated heterocycles. The molecule has 0 amide bonds. The van der Waals surface area contributed by atoms with Gasteiger partial charge in [0.05, 0.1) is 0 Å². The number of rotatable bonds is 3. The smallest absolute Gasteiger partial charge is 0.276 e. The summed E-state index contributed by atoms with van der Waals surface area (Å²) >= 11 is 5.97. The van der Waals surface area contributed by atoms with Crippen molar-refractivity contribution in [2.45, 2.75) is 25.9 Å². The predicted molar refractivity (Wildman–Crippen MR) is 43.6 cm³/mol. The zero-order chi connectivity index (χ0) is 6.62. The molecule has 1 nitrogen and oxygen atoms in total. The van der Waals surface area contributed by atoms with Crippen LogP contribution in [0.2, 0.25) is 12.6 Å². The van der Waals surface area contributed by atoms with Gasteiger partial charge in [-0.2, -0.15) is 0 Å². The van der Waals surface area contributed by atoms with Crippen LogP contribution in [0.1, 0.15) is 13.3 Å². The minimum atomic E-state index is -1.64. The third-order valence-corrected chi connectivity index (χ3v) is 7.88. The first-order valence-electron chi connectivity index (χ1n) is 2.86. The molecule has 8 heavy (non-hydrogen) atoms. The van der Waals surface area contributed by atoms with Crippen molar-refractivity contribution in [3.8, 4) is 0 Å². The summed E-state index contributed by atoms with van der Waals surface area (Å²) < 4.78 is 5.22. The lowest BCUT2D eigenvalue weighted by molar-refractivity contribution is 0.621. The van der Waals surface area contributed by atoms with E-state index in [9.17, 15) is 0 Å². The van der Waals surface area contributed by atoms with Gasteiger partial charge in [0.15, 0.2) is 0 Å². The Kier molecular flexibility index (Phi) is 3.97. The second-order valence-electron chi connectivity index (χ2n) is 2.06. The molecule has 0 fully saturated rings. The molecule has 1 unspecified atom stereocenters. The fourth-order valence-corrected chi connectivity index (χ4v) is 2.83. The average Bonchev–Trinajstić information content (AvgIpc) is 1.67. The molecule has 0 aliphatic carbocycles. The number of halogens is 1. The van der Waals surface area contributed by atoms with Crippen LogP contribution in [-0.4, -0.2) is 18.1 Å². The molecular formula is C4H13ClOSi2. The Morgan fingerprint density at radius 3 is 2.38 bits per heavy atom. The van der Waals surface area contributed by atoms with Crippen LogP contribution in [0.4, 0.5) is 0 Å². The molecule has 0 saturated carbocycles. The van der Waals surface area contributed by atoms with Crippen molar-refractivity contribution in [1.29, 1.82) is 0 Å². The van der Waals surface area contributed by atoms with Crippen LogP contribution >= 0.6 is 11.1 Å². The van der Waals surface area contributed by atoms with E-state index in [4.69, 9.17) is 15.2 Å². The van der Waals surface area contributed by atoms with E-state index in [-0.39, 0.29) is 0 Å². The summed E-state index contributed by atoms with van der Waals surface area (Å²) in [5, 5.41) is 0. The molecule has 0 aliphatic heterocycles. The third kappa shape index (κ3) is 3.66. The largest absolute Gasteiger partial charge is 0.453 e. The first kappa shape index (κ1) is 8.68. The predicted octanol–water partition coefficient (Wildman–Crippen LogP) is 1.00. The Morgan fingerprint density at radius 2 is 2.25 bits per heavy atom. The van der Waals surface area contributed by atoms with Gasteiger partial charge in [0, 0.05) is 0 Å². The molecule has 0 heterocycles. The van der Waals surface area contributed by atoms with Crippen LogP contribution in [0.15, 0.2) is 0 Å². The van der Waals surface area contributed by atoms with Gasteiger partial charge >= 0.3 is 0 Å². The summed E-state index contributed by atoms with van der Waals surface area (Å²) in [7, 11) is -0.852. The van der Waals surface area contributed by atoms with Crippen LogP contribution in [0.3, 0.4) is 0 Å². The van der Waals surface area contributed by atoms with Crippen molar-refractivity contribution in [2.24, 2.45) is 0 Å². The van der Waals surface area contributed by atoms with Gasteiger partial charge in [-0.15, -0.1) is 11.1 Å². The van der Waals surface area contributed by atoms with Crippen molar-refractivity contribution in [2.75, 3.05) is 0 Å². The first-order valence-corrected chi connectivity index (χ1v) is 7.31. The molecule has 0 aliphatic rings. The summed E-state index contributed by atoms with van der Waals surface area (Å²) in [6.07, 6.45) is 1.15. The minimum Gasteiger partial charge on any atom is -0.453 e. The quantitative estimate of drug-likeness (QED) is 0.452. The van der Waals surface area contributed by atoms with E-state index in [0.717, 1.165) is 23.0 Å². The molecule has 4 heteroatoms. The van der Waals surface area contributed by atoms with Crippen LogP contribution in [0.25, 0.3) is 0 Å². The fraction of sp³-hybridized carbons (Fsp3) is 1.00. The maximum atomic E-state index is 5.97. The molecule has 0 radical (unpaired) electrons. The first-order chi connectivity index (χ1) is 3.62. The average molecular weight is 169 g/mol. The summed E-state index contributed by atoms with van der Waals surface area (Å²) in [6, 6.07) is 1.08. The maximum absolute atomic E-state index is 5.97. The second kappa shape index (κ2) is 3.66. The zero-order valence-corrected chi connectivity index (χ0v) is 9.46.